The smallest absolute Gasteiger partial charge is 0.225 e. The van der Waals surface area contributed by atoms with Crippen molar-refractivity contribution in [3.8, 4) is 0 Å². The lowest BCUT2D eigenvalue weighted by atomic mass is 10.0. The zero-order chi connectivity index (χ0) is 11.5. The summed E-state index contributed by atoms with van der Waals surface area (Å²) >= 11 is 0. The van der Waals surface area contributed by atoms with Gasteiger partial charge in [0.05, 0.1) is 12.5 Å². The van der Waals surface area contributed by atoms with Crippen molar-refractivity contribution < 1.29 is 9.21 Å². The molecule has 1 aromatic heterocycles. The Kier molecular flexibility index (Phi) is 3.29. The monoisotopic (exact) mass is 222 g/mol. The van der Waals surface area contributed by atoms with Gasteiger partial charge in [0.25, 0.3) is 0 Å². The number of carbonyl (C=O) groups is 1. The Morgan fingerprint density at radius 1 is 1.56 bits per heavy atom. The van der Waals surface area contributed by atoms with Crippen molar-refractivity contribution in [1.82, 2.24) is 5.32 Å². The summed E-state index contributed by atoms with van der Waals surface area (Å²) in [4.78, 5) is 11.8. The molecule has 1 aromatic rings. The van der Waals surface area contributed by atoms with Crippen LogP contribution in [-0.2, 0) is 11.3 Å². The van der Waals surface area contributed by atoms with E-state index in [1.165, 1.54) is 0 Å². The van der Waals surface area contributed by atoms with Crippen LogP contribution in [0.5, 0.6) is 0 Å². The van der Waals surface area contributed by atoms with Crippen LogP contribution in [0.1, 0.15) is 30.8 Å². The zero-order valence-corrected chi connectivity index (χ0v) is 9.53. The van der Waals surface area contributed by atoms with Gasteiger partial charge in [-0.3, -0.25) is 4.79 Å². The highest BCUT2D eigenvalue weighted by Crippen LogP contribution is 2.24. The van der Waals surface area contributed by atoms with E-state index in [0.29, 0.717) is 6.54 Å². The van der Waals surface area contributed by atoms with Gasteiger partial charge in [-0.1, -0.05) is 6.42 Å². The van der Waals surface area contributed by atoms with E-state index < -0.39 is 0 Å². The summed E-state index contributed by atoms with van der Waals surface area (Å²) in [5, 5.41) is 2.87. The first kappa shape index (κ1) is 11.2. The molecule has 88 valence electrons. The lowest BCUT2D eigenvalue weighted by molar-refractivity contribution is -0.125. The maximum atomic E-state index is 11.8. The molecule has 1 saturated carbocycles. The van der Waals surface area contributed by atoms with Crippen molar-refractivity contribution in [1.29, 1.82) is 0 Å². The van der Waals surface area contributed by atoms with Gasteiger partial charge < -0.3 is 15.5 Å². The van der Waals surface area contributed by atoms with Crippen molar-refractivity contribution in [2.45, 2.75) is 38.8 Å². The molecule has 16 heavy (non-hydrogen) atoms. The average Bonchev–Trinajstić information content (AvgIpc) is 2.84. The van der Waals surface area contributed by atoms with Crippen molar-refractivity contribution in [3.63, 3.8) is 0 Å². The van der Waals surface area contributed by atoms with Crippen LogP contribution in [0.4, 0.5) is 0 Å². The third-order valence-electron chi connectivity index (χ3n) is 3.14. The van der Waals surface area contributed by atoms with E-state index >= 15 is 0 Å². The van der Waals surface area contributed by atoms with Gasteiger partial charge in [0, 0.05) is 6.04 Å². The van der Waals surface area contributed by atoms with E-state index in [1.807, 2.05) is 19.1 Å². The quantitative estimate of drug-likeness (QED) is 0.810. The van der Waals surface area contributed by atoms with Crippen LogP contribution in [0.25, 0.3) is 0 Å². The van der Waals surface area contributed by atoms with Crippen molar-refractivity contribution in [2.24, 2.45) is 11.7 Å². The van der Waals surface area contributed by atoms with Gasteiger partial charge in [-0.25, -0.2) is 0 Å². The molecular weight excluding hydrogens is 204 g/mol. The molecular formula is C12H18N2O2. The number of carbonyl (C=O) groups excluding carboxylic acids is 1. The highest BCUT2D eigenvalue weighted by Gasteiger charge is 2.29. The minimum Gasteiger partial charge on any atom is -0.465 e. The van der Waals surface area contributed by atoms with Gasteiger partial charge in [0.15, 0.2) is 0 Å². The molecule has 1 heterocycles. The molecule has 0 aromatic carbocycles. The molecule has 2 rings (SSSR count). The topological polar surface area (TPSA) is 68.3 Å². The Balaban J connectivity index is 1.83. The molecule has 2 unspecified atom stereocenters. The number of amides is 1. The summed E-state index contributed by atoms with van der Waals surface area (Å²) in [7, 11) is 0. The summed E-state index contributed by atoms with van der Waals surface area (Å²) in [5.41, 5.74) is 5.87. The number of hydrogen-bond donors (Lipinski definition) is 2. The zero-order valence-electron chi connectivity index (χ0n) is 9.53. The number of furan rings is 1. The fraction of sp³-hybridized carbons (Fsp3) is 0.583. The van der Waals surface area contributed by atoms with Gasteiger partial charge in [0.1, 0.15) is 11.5 Å². The van der Waals surface area contributed by atoms with Crippen LogP contribution in [0.2, 0.25) is 0 Å². The Morgan fingerprint density at radius 3 is 2.94 bits per heavy atom. The van der Waals surface area contributed by atoms with Gasteiger partial charge in [-0.05, 0) is 31.9 Å². The van der Waals surface area contributed by atoms with Crippen LogP contribution in [0, 0.1) is 12.8 Å². The first-order valence-electron chi connectivity index (χ1n) is 5.75. The number of nitrogens with two attached hydrogens (primary N) is 1. The van der Waals surface area contributed by atoms with E-state index in [-0.39, 0.29) is 17.9 Å². The highest BCUT2D eigenvalue weighted by molar-refractivity contribution is 5.79. The molecule has 1 aliphatic carbocycles. The molecule has 4 heteroatoms. The fourth-order valence-corrected chi connectivity index (χ4v) is 2.20. The predicted octanol–water partition coefficient (Wildman–Crippen LogP) is 1.33. The van der Waals surface area contributed by atoms with Crippen LogP contribution in [0.3, 0.4) is 0 Å². The predicted molar refractivity (Wildman–Crippen MR) is 60.6 cm³/mol. The Morgan fingerprint density at radius 2 is 2.38 bits per heavy atom. The van der Waals surface area contributed by atoms with Crippen molar-refractivity contribution >= 4 is 5.91 Å². The minimum absolute atomic E-state index is 0.0175. The lowest BCUT2D eigenvalue weighted by Crippen LogP contribution is -2.38. The normalized spacial score (nSPS) is 24.6. The molecule has 1 aliphatic rings. The van der Waals surface area contributed by atoms with Gasteiger partial charge in [0.2, 0.25) is 5.91 Å². The fourth-order valence-electron chi connectivity index (χ4n) is 2.20. The molecule has 0 radical (unpaired) electrons. The molecule has 0 aliphatic heterocycles. The number of aryl methyl sites for hydroxylation is 1. The second-order valence-corrected chi connectivity index (χ2v) is 4.43. The van der Waals surface area contributed by atoms with Crippen LogP contribution < -0.4 is 11.1 Å². The van der Waals surface area contributed by atoms with E-state index in [0.717, 1.165) is 30.8 Å². The third kappa shape index (κ3) is 2.44. The summed E-state index contributed by atoms with van der Waals surface area (Å²) < 4.78 is 5.38. The molecule has 0 saturated heterocycles. The molecule has 0 spiro atoms. The summed E-state index contributed by atoms with van der Waals surface area (Å²) in [6, 6.07) is 3.80. The molecule has 2 atom stereocenters. The number of nitrogens with one attached hydrogen (secondary N) is 1. The molecule has 1 amide bonds. The van der Waals surface area contributed by atoms with Gasteiger partial charge in [-0.2, -0.15) is 0 Å². The molecule has 0 bridgehead atoms. The highest BCUT2D eigenvalue weighted by atomic mass is 16.3. The van der Waals surface area contributed by atoms with Crippen molar-refractivity contribution in [2.75, 3.05) is 0 Å². The SMILES string of the molecule is Cc1ccc(CNC(=O)C2CCCC2N)o1. The third-order valence-corrected chi connectivity index (χ3v) is 3.14. The molecule has 3 N–H and O–H groups in total. The standard InChI is InChI=1S/C12H18N2O2/c1-8-5-6-9(16-8)7-14-12(15)10-3-2-4-11(10)13/h5-6,10-11H,2-4,7,13H2,1H3,(H,14,15). The van der Waals surface area contributed by atoms with E-state index in [2.05, 4.69) is 5.32 Å². The second kappa shape index (κ2) is 4.70. The summed E-state index contributed by atoms with van der Waals surface area (Å²) in [6.45, 7) is 2.34. The van der Waals surface area contributed by atoms with E-state index in [4.69, 9.17) is 10.2 Å². The molecule has 4 nitrogen and oxygen atoms in total. The lowest BCUT2D eigenvalue weighted by Gasteiger charge is -2.14. The largest absolute Gasteiger partial charge is 0.465 e. The minimum atomic E-state index is -0.0175. The van der Waals surface area contributed by atoms with Gasteiger partial charge in [-0.15, -0.1) is 0 Å². The van der Waals surface area contributed by atoms with E-state index in [9.17, 15) is 4.79 Å². The number of hydrogen-bond acceptors (Lipinski definition) is 3. The van der Waals surface area contributed by atoms with Crippen molar-refractivity contribution in [3.05, 3.63) is 23.7 Å². The van der Waals surface area contributed by atoms with Gasteiger partial charge >= 0.3 is 0 Å². The second-order valence-electron chi connectivity index (χ2n) is 4.43. The maximum absolute atomic E-state index is 11.8. The Labute approximate surface area is 95.2 Å². The average molecular weight is 222 g/mol. The first-order chi connectivity index (χ1) is 7.66. The summed E-state index contributed by atoms with van der Waals surface area (Å²) in [5.74, 6) is 1.69. The maximum Gasteiger partial charge on any atom is 0.225 e. The van der Waals surface area contributed by atoms with Crippen LogP contribution in [-0.4, -0.2) is 11.9 Å². The van der Waals surface area contributed by atoms with Crippen LogP contribution >= 0.6 is 0 Å². The Hall–Kier alpha value is -1.29. The first-order valence-corrected chi connectivity index (χ1v) is 5.75. The Bertz CT molecular complexity index is 373. The van der Waals surface area contributed by atoms with Crippen LogP contribution in [0.15, 0.2) is 16.5 Å². The van der Waals surface area contributed by atoms with E-state index in [1.54, 1.807) is 0 Å². The number of rotatable bonds is 3. The molecule has 1 fully saturated rings. The summed E-state index contributed by atoms with van der Waals surface area (Å²) in [6.07, 6.45) is 2.92.